The first-order chi connectivity index (χ1) is 7.76. The molecular weight excluding hydrogens is 200 g/mol. The van der Waals surface area contributed by atoms with Crippen LogP contribution < -0.4 is 5.73 Å². The van der Waals surface area contributed by atoms with E-state index in [0.717, 1.165) is 0 Å². The highest BCUT2D eigenvalue weighted by Crippen LogP contribution is 2.19. The maximum atomic E-state index is 9.00. The van der Waals surface area contributed by atoms with Crippen LogP contribution in [0.15, 0.2) is 36.5 Å². The van der Waals surface area contributed by atoms with Crippen LogP contribution in [-0.4, -0.2) is 4.57 Å². The van der Waals surface area contributed by atoms with Gasteiger partial charge in [0.2, 0.25) is 0 Å². The quantitative estimate of drug-likeness (QED) is 0.726. The molecule has 0 aliphatic carbocycles. The lowest BCUT2D eigenvalue weighted by Gasteiger charge is -2.07. The van der Waals surface area contributed by atoms with Crippen molar-refractivity contribution in [1.29, 1.82) is 10.5 Å². The van der Waals surface area contributed by atoms with E-state index in [4.69, 9.17) is 16.3 Å². The lowest BCUT2D eigenvalue weighted by molar-refractivity contribution is 1.05. The van der Waals surface area contributed by atoms with Crippen LogP contribution in [-0.2, 0) is 0 Å². The molecule has 4 heteroatoms. The number of hydrogen-bond acceptors (Lipinski definition) is 3. The molecule has 76 valence electrons. The first-order valence-corrected chi connectivity index (χ1v) is 4.63. The molecule has 0 unspecified atom stereocenters. The molecule has 0 aliphatic heterocycles. The number of nitrogen functional groups attached to an aromatic ring is 1. The molecule has 4 nitrogen and oxygen atoms in total. The number of rotatable bonds is 1. The zero-order valence-electron chi connectivity index (χ0n) is 8.38. The van der Waals surface area contributed by atoms with Crippen molar-refractivity contribution in [2.24, 2.45) is 0 Å². The maximum absolute atomic E-state index is 9.00. The van der Waals surface area contributed by atoms with Crippen LogP contribution >= 0.6 is 0 Å². The summed E-state index contributed by atoms with van der Waals surface area (Å²) in [5, 5.41) is 17.9. The van der Waals surface area contributed by atoms with Gasteiger partial charge in [0.05, 0.1) is 11.3 Å². The number of nitrogens with zero attached hydrogens (tertiary/aromatic N) is 3. The molecule has 0 saturated carbocycles. The Labute approximate surface area is 92.8 Å². The molecule has 0 aliphatic rings. The van der Waals surface area contributed by atoms with Gasteiger partial charge in [-0.1, -0.05) is 0 Å². The Bertz CT molecular complexity index is 611. The van der Waals surface area contributed by atoms with Gasteiger partial charge in [0.25, 0.3) is 0 Å². The second-order valence-corrected chi connectivity index (χ2v) is 3.26. The standard InChI is InChI=1S/C12H8N4/c13-7-9-6-10(15)3-4-12(9)16-5-1-2-11(16)8-14/h1-6H,15H2. The molecule has 0 radical (unpaired) electrons. The largest absolute Gasteiger partial charge is 0.399 e. The number of nitriles is 2. The fourth-order valence-electron chi connectivity index (χ4n) is 1.54. The van der Waals surface area contributed by atoms with Gasteiger partial charge in [0.1, 0.15) is 17.8 Å². The summed E-state index contributed by atoms with van der Waals surface area (Å²) >= 11 is 0. The normalized spacial score (nSPS) is 9.38. The van der Waals surface area contributed by atoms with E-state index in [1.54, 1.807) is 41.1 Å². The van der Waals surface area contributed by atoms with E-state index < -0.39 is 0 Å². The molecule has 16 heavy (non-hydrogen) atoms. The highest BCUT2D eigenvalue weighted by molar-refractivity contribution is 5.58. The van der Waals surface area contributed by atoms with Crippen LogP contribution in [0.1, 0.15) is 11.3 Å². The van der Waals surface area contributed by atoms with Crippen LogP contribution in [0.4, 0.5) is 5.69 Å². The molecule has 0 fully saturated rings. The zero-order chi connectivity index (χ0) is 11.5. The molecule has 0 atom stereocenters. The van der Waals surface area contributed by atoms with Gasteiger partial charge in [0, 0.05) is 11.9 Å². The molecule has 1 heterocycles. The number of aromatic nitrogens is 1. The lowest BCUT2D eigenvalue weighted by Crippen LogP contribution is -1.99. The molecule has 2 rings (SSSR count). The van der Waals surface area contributed by atoms with Gasteiger partial charge in [-0.2, -0.15) is 10.5 Å². The molecule has 0 amide bonds. The van der Waals surface area contributed by atoms with Crippen LogP contribution in [0.5, 0.6) is 0 Å². The summed E-state index contributed by atoms with van der Waals surface area (Å²) in [6.07, 6.45) is 1.74. The molecular formula is C12H8N4. The van der Waals surface area contributed by atoms with E-state index in [1.165, 1.54) is 0 Å². The summed E-state index contributed by atoms with van der Waals surface area (Å²) in [6, 6.07) is 12.6. The van der Waals surface area contributed by atoms with Crippen molar-refractivity contribution in [3.63, 3.8) is 0 Å². The summed E-state index contributed by atoms with van der Waals surface area (Å²) in [6.45, 7) is 0. The third kappa shape index (κ3) is 1.49. The molecule has 0 bridgehead atoms. The molecule has 1 aromatic heterocycles. The first kappa shape index (κ1) is 9.82. The molecule has 0 spiro atoms. The van der Waals surface area contributed by atoms with Crippen LogP contribution in [0.2, 0.25) is 0 Å². The van der Waals surface area contributed by atoms with E-state index in [9.17, 15) is 0 Å². The minimum atomic E-state index is 0.452. The maximum Gasteiger partial charge on any atom is 0.124 e. The highest BCUT2D eigenvalue weighted by Gasteiger charge is 2.07. The fraction of sp³-hybridized carbons (Fsp3) is 0. The lowest BCUT2D eigenvalue weighted by atomic mass is 10.1. The number of anilines is 1. The summed E-state index contributed by atoms with van der Waals surface area (Å²) in [4.78, 5) is 0. The Balaban J connectivity index is 2.67. The minimum Gasteiger partial charge on any atom is -0.399 e. The van der Waals surface area contributed by atoms with Gasteiger partial charge in [-0.05, 0) is 30.3 Å². The first-order valence-electron chi connectivity index (χ1n) is 4.63. The fourth-order valence-corrected chi connectivity index (χ4v) is 1.54. The summed E-state index contributed by atoms with van der Waals surface area (Å²) < 4.78 is 1.66. The van der Waals surface area contributed by atoms with Crippen molar-refractivity contribution in [3.8, 4) is 17.8 Å². The smallest absolute Gasteiger partial charge is 0.124 e. The van der Waals surface area contributed by atoms with Gasteiger partial charge in [-0.25, -0.2) is 0 Å². The Morgan fingerprint density at radius 2 is 1.94 bits per heavy atom. The zero-order valence-corrected chi connectivity index (χ0v) is 8.38. The van der Waals surface area contributed by atoms with Crippen molar-refractivity contribution in [1.82, 2.24) is 4.57 Å². The summed E-state index contributed by atoms with van der Waals surface area (Å²) in [7, 11) is 0. The van der Waals surface area contributed by atoms with Crippen LogP contribution in [0.25, 0.3) is 5.69 Å². The minimum absolute atomic E-state index is 0.452. The van der Waals surface area contributed by atoms with E-state index in [-0.39, 0.29) is 0 Å². The average Bonchev–Trinajstić information content (AvgIpc) is 2.76. The molecule has 2 aromatic rings. The predicted molar refractivity (Wildman–Crippen MR) is 59.6 cm³/mol. The summed E-state index contributed by atoms with van der Waals surface area (Å²) in [5.74, 6) is 0. The molecule has 2 N–H and O–H groups in total. The van der Waals surface area contributed by atoms with E-state index in [2.05, 4.69) is 12.1 Å². The Morgan fingerprint density at radius 1 is 1.12 bits per heavy atom. The number of nitrogens with two attached hydrogens (primary N) is 1. The third-order valence-electron chi connectivity index (χ3n) is 2.26. The second kappa shape index (κ2) is 3.80. The summed E-state index contributed by atoms with van der Waals surface area (Å²) in [5.41, 5.74) is 7.74. The van der Waals surface area contributed by atoms with Gasteiger partial charge in [-0.3, -0.25) is 0 Å². The Hall–Kier alpha value is -2.72. The van der Waals surface area contributed by atoms with Gasteiger partial charge >= 0.3 is 0 Å². The van der Waals surface area contributed by atoms with Gasteiger partial charge in [-0.15, -0.1) is 0 Å². The van der Waals surface area contributed by atoms with Gasteiger partial charge in [0.15, 0.2) is 0 Å². The van der Waals surface area contributed by atoms with Crippen molar-refractivity contribution in [2.75, 3.05) is 5.73 Å². The number of benzene rings is 1. The Kier molecular flexibility index (Phi) is 2.33. The van der Waals surface area contributed by atoms with E-state index in [1.807, 2.05) is 0 Å². The highest BCUT2D eigenvalue weighted by atomic mass is 15.0. The van der Waals surface area contributed by atoms with Crippen molar-refractivity contribution >= 4 is 5.69 Å². The Morgan fingerprint density at radius 3 is 2.62 bits per heavy atom. The van der Waals surface area contributed by atoms with E-state index in [0.29, 0.717) is 22.6 Å². The topological polar surface area (TPSA) is 78.5 Å². The van der Waals surface area contributed by atoms with Crippen molar-refractivity contribution in [3.05, 3.63) is 47.8 Å². The second-order valence-electron chi connectivity index (χ2n) is 3.26. The van der Waals surface area contributed by atoms with Crippen molar-refractivity contribution < 1.29 is 0 Å². The van der Waals surface area contributed by atoms with Crippen LogP contribution in [0.3, 0.4) is 0 Å². The van der Waals surface area contributed by atoms with Crippen LogP contribution in [0, 0.1) is 22.7 Å². The van der Waals surface area contributed by atoms with E-state index >= 15 is 0 Å². The molecule has 1 aromatic carbocycles. The average molecular weight is 208 g/mol. The van der Waals surface area contributed by atoms with Crippen molar-refractivity contribution in [2.45, 2.75) is 0 Å². The predicted octanol–water partition coefficient (Wildman–Crippen LogP) is 1.80. The van der Waals surface area contributed by atoms with Gasteiger partial charge < -0.3 is 10.3 Å². The SMILES string of the molecule is N#Cc1cc(N)ccc1-n1cccc1C#N. The number of hydrogen-bond donors (Lipinski definition) is 1. The monoisotopic (exact) mass is 208 g/mol. The molecule has 0 saturated heterocycles. The third-order valence-corrected chi connectivity index (χ3v) is 2.26.